The van der Waals surface area contributed by atoms with E-state index in [1.165, 1.54) is 0 Å². The van der Waals surface area contributed by atoms with Crippen LogP contribution in [0.15, 0.2) is 22.7 Å². The summed E-state index contributed by atoms with van der Waals surface area (Å²) in [5, 5.41) is 12.9. The van der Waals surface area contributed by atoms with Gasteiger partial charge in [-0.2, -0.15) is 0 Å². The molecule has 2 atom stereocenters. The molecule has 0 spiro atoms. The molecule has 1 aliphatic carbocycles. The molecule has 5 nitrogen and oxygen atoms in total. The lowest BCUT2D eigenvalue weighted by Crippen LogP contribution is -2.33. The maximum absolute atomic E-state index is 12.0. The summed E-state index contributed by atoms with van der Waals surface area (Å²) in [7, 11) is 0. The lowest BCUT2D eigenvalue weighted by atomic mass is 10.1. The second-order valence-corrected chi connectivity index (χ2v) is 7.86. The van der Waals surface area contributed by atoms with E-state index in [-0.39, 0.29) is 17.9 Å². The van der Waals surface area contributed by atoms with Crippen LogP contribution in [0.1, 0.15) is 30.7 Å². The van der Waals surface area contributed by atoms with Crippen molar-refractivity contribution in [3.8, 4) is 0 Å². The molecule has 2 N–H and O–H groups in total. The van der Waals surface area contributed by atoms with Crippen LogP contribution in [-0.4, -0.2) is 28.0 Å². The number of hydrogen-bond acceptors (Lipinski definition) is 4. The van der Waals surface area contributed by atoms with Crippen molar-refractivity contribution in [3.63, 3.8) is 0 Å². The molecule has 0 radical (unpaired) electrons. The standard InChI is InChI=1S/C16H17BrN2O3S/c17-10-2-4-13-12(8-10)19-15(23-13)6-5-14(20)18-11-3-1-9(7-11)16(21)22/h2,4,8-9,11H,1,3,5-7H2,(H,18,20)(H,21,22)/t9-,11+/m0/s1. The number of carbonyl (C=O) groups excluding carboxylic acids is 1. The largest absolute Gasteiger partial charge is 0.481 e. The molecule has 3 rings (SSSR count). The van der Waals surface area contributed by atoms with E-state index in [2.05, 4.69) is 26.2 Å². The Morgan fingerprint density at radius 2 is 2.22 bits per heavy atom. The monoisotopic (exact) mass is 396 g/mol. The van der Waals surface area contributed by atoms with Gasteiger partial charge in [0.05, 0.1) is 21.1 Å². The van der Waals surface area contributed by atoms with E-state index >= 15 is 0 Å². The Balaban J connectivity index is 1.51. The van der Waals surface area contributed by atoms with Crippen molar-refractivity contribution in [2.45, 2.75) is 38.1 Å². The molecule has 122 valence electrons. The Bertz CT molecular complexity index is 746. The number of carboxylic acid groups (broad SMARTS) is 1. The zero-order valence-corrected chi connectivity index (χ0v) is 14.8. The number of fused-ring (bicyclic) bond motifs is 1. The molecule has 0 saturated heterocycles. The number of thiazole rings is 1. The number of aliphatic carboxylic acids is 1. The van der Waals surface area contributed by atoms with Gasteiger partial charge >= 0.3 is 5.97 Å². The van der Waals surface area contributed by atoms with Gasteiger partial charge in [-0.05, 0) is 37.5 Å². The van der Waals surface area contributed by atoms with E-state index in [1.54, 1.807) is 11.3 Å². The van der Waals surface area contributed by atoms with Crippen LogP contribution in [0.25, 0.3) is 10.2 Å². The van der Waals surface area contributed by atoms with Gasteiger partial charge in [-0.1, -0.05) is 15.9 Å². The molecule has 7 heteroatoms. The van der Waals surface area contributed by atoms with E-state index in [9.17, 15) is 9.59 Å². The summed E-state index contributed by atoms with van der Waals surface area (Å²) in [6.45, 7) is 0. The zero-order valence-electron chi connectivity index (χ0n) is 12.4. The molecule has 23 heavy (non-hydrogen) atoms. The predicted octanol–water partition coefficient (Wildman–Crippen LogP) is 3.36. The number of aromatic nitrogens is 1. The second-order valence-electron chi connectivity index (χ2n) is 5.83. The first kappa shape index (κ1) is 16.4. The van der Waals surface area contributed by atoms with Crippen molar-refractivity contribution in [1.29, 1.82) is 0 Å². The Morgan fingerprint density at radius 3 is 2.96 bits per heavy atom. The number of halogens is 1. The molecule has 2 aromatic rings. The van der Waals surface area contributed by atoms with E-state index in [0.29, 0.717) is 25.7 Å². The second kappa shape index (κ2) is 6.97. The van der Waals surface area contributed by atoms with Gasteiger partial charge in [0.2, 0.25) is 5.91 Å². The van der Waals surface area contributed by atoms with Crippen molar-refractivity contribution in [2.75, 3.05) is 0 Å². The van der Waals surface area contributed by atoms with E-state index in [1.807, 2.05) is 18.2 Å². The third-order valence-electron chi connectivity index (χ3n) is 4.11. The smallest absolute Gasteiger partial charge is 0.306 e. The van der Waals surface area contributed by atoms with Crippen molar-refractivity contribution >= 4 is 49.4 Å². The van der Waals surface area contributed by atoms with Gasteiger partial charge in [0.15, 0.2) is 0 Å². The van der Waals surface area contributed by atoms with Crippen molar-refractivity contribution < 1.29 is 14.7 Å². The molecule has 0 unspecified atom stereocenters. The molecule has 0 bridgehead atoms. The van der Waals surface area contributed by atoms with Crippen LogP contribution in [0.2, 0.25) is 0 Å². The number of carbonyl (C=O) groups is 2. The van der Waals surface area contributed by atoms with Gasteiger partial charge in [-0.3, -0.25) is 9.59 Å². The first-order valence-corrected chi connectivity index (χ1v) is 9.19. The van der Waals surface area contributed by atoms with Crippen LogP contribution in [0.4, 0.5) is 0 Å². The molecule has 1 amide bonds. The third-order valence-corrected chi connectivity index (χ3v) is 5.70. The Labute approximate surface area is 146 Å². The van der Waals surface area contributed by atoms with Crippen molar-refractivity contribution in [2.24, 2.45) is 5.92 Å². The summed E-state index contributed by atoms with van der Waals surface area (Å²) in [6, 6.07) is 5.97. The van der Waals surface area contributed by atoms with E-state index in [4.69, 9.17) is 5.11 Å². The highest BCUT2D eigenvalue weighted by molar-refractivity contribution is 9.10. The molecular formula is C16H17BrN2O3S. The summed E-state index contributed by atoms with van der Waals surface area (Å²) < 4.78 is 2.11. The maximum Gasteiger partial charge on any atom is 0.306 e. The quantitative estimate of drug-likeness (QED) is 0.811. The van der Waals surface area contributed by atoms with Crippen LogP contribution in [0.5, 0.6) is 0 Å². The number of carboxylic acids is 1. The predicted molar refractivity (Wildman–Crippen MR) is 92.5 cm³/mol. The van der Waals surface area contributed by atoms with Crippen molar-refractivity contribution in [3.05, 3.63) is 27.7 Å². The van der Waals surface area contributed by atoms with Gasteiger partial charge in [-0.25, -0.2) is 4.98 Å². The molecule has 0 aliphatic heterocycles. The Morgan fingerprint density at radius 1 is 1.39 bits per heavy atom. The number of aryl methyl sites for hydroxylation is 1. The summed E-state index contributed by atoms with van der Waals surface area (Å²) in [6.07, 6.45) is 2.92. The lowest BCUT2D eigenvalue weighted by molar-refractivity contribution is -0.141. The molecule has 1 fully saturated rings. The minimum absolute atomic E-state index is 0.00470. The number of nitrogens with zero attached hydrogens (tertiary/aromatic N) is 1. The average Bonchev–Trinajstić information content (AvgIpc) is 3.11. The Kier molecular flexibility index (Phi) is 4.96. The van der Waals surface area contributed by atoms with Gasteiger partial charge in [-0.15, -0.1) is 11.3 Å². The normalized spacial score (nSPS) is 20.7. The molecule has 1 heterocycles. The zero-order chi connectivity index (χ0) is 16.4. The SMILES string of the molecule is O=C(CCc1nc2cc(Br)ccc2s1)N[C@@H]1CC[C@H](C(=O)O)C1. The van der Waals surface area contributed by atoms with Gasteiger partial charge in [0.1, 0.15) is 0 Å². The number of hydrogen-bond donors (Lipinski definition) is 2. The van der Waals surface area contributed by atoms with Gasteiger partial charge < -0.3 is 10.4 Å². The number of rotatable bonds is 5. The summed E-state index contributed by atoms with van der Waals surface area (Å²) in [5.74, 6) is -1.10. The van der Waals surface area contributed by atoms with Crippen LogP contribution in [0.3, 0.4) is 0 Å². The highest BCUT2D eigenvalue weighted by atomic mass is 79.9. The minimum atomic E-state index is -0.762. The summed E-state index contributed by atoms with van der Waals surface area (Å²) in [4.78, 5) is 27.5. The highest BCUT2D eigenvalue weighted by Gasteiger charge is 2.30. The number of benzene rings is 1. The summed E-state index contributed by atoms with van der Waals surface area (Å²) in [5.41, 5.74) is 0.944. The number of amides is 1. The topological polar surface area (TPSA) is 79.3 Å². The fourth-order valence-corrected chi connectivity index (χ4v) is 4.21. The Hall–Kier alpha value is -1.47. The van der Waals surface area contributed by atoms with E-state index in [0.717, 1.165) is 26.1 Å². The van der Waals surface area contributed by atoms with Gasteiger partial charge in [0.25, 0.3) is 0 Å². The fourth-order valence-electron chi connectivity index (χ4n) is 2.91. The van der Waals surface area contributed by atoms with E-state index < -0.39 is 5.97 Å². The third kappa shape index (κ3) is 4.09. The molecule has 1 saturated carbocycles. The fraction of sp³-hybridized carbons (Fsp3) is 0.438. The van der Waals surface area contributed by atoms with Crippen LogP contribution in [-0.2, 0) is 16.0 Å². The van der Waals surface area contributed by atoms with Gasteiger partial charge in [0, 0.05) is 23.4 Å². The van der Waals surface area contributed by atoms with Crippen molar-refractivity contribution in [1.82, 2.24) is 10.3 Å². The molecule has 1 aliphatic rings. The summed E-state index contributed by atoms with van der Waals surface area (Å²) >= 11 is 5.03. The first-order valence-electron chi connectivity index (χ1n) is 7.58. The molecule has 1 aromatic heterocycles. The average molecular weight is 397 g/mol. The minimum Gasteiger partial charge on any atom is -0.481 e. The lowest BCUT2D eigenvalue weighted by Gasteiger charge is -2.11. The van der Waals surface area contributed by atoms with Crippen LogP contribution < -0.4 is 5.32 Å². The highest BCUT2D eigenvalue weighted by Crippen LogP contribution is 2.27. The number of nitrogens with one attached hydrogen (secondary N) is 1. The molecule has 1 aromatic carbocycles. The molecular weight excluding hydrogens is 380 g/mol. The maximum atomic E-state index is 12.0. The first-order chi connectivity index (χ1) is 11.0. The van der Waals surface area contributed by atoms with Crippen LogP contribution >= 0.6 is 27.3 Å². The van der Waals surface area contributed by atoms with Crippen LogP contribution in [0, 0.1) is 5.92 Å².